The van der Waals surface area contributed by atoms with Gasteiger partial charge in [-0.05, 0) is 48.7 Å². The summed E-state index contributed by atoms with van der Waals surface area (Å²) in [6.07, 6.45) is 1.60. The summed E-state index contributed by atoms with van der Waals surface area (Å²) in [6.45, 7) is 4.55. The average Bonchev–Trinajstić information content (AvgIpc) is 3.14. The van der Waals surface area contributed by atoms with E-state index >= 15 is 0 Å². The van der Waals surface area contributed by atoms with Gasteiger partial charge in [-0.3, -0.25) is 10.1 Å². The molecule has 0 bridgehead atoms. The van der Waals surface area contributed by atoms with Crippen molar-refractivity contribution in [2.45, 2.75) is 26.7 Å². The van der Waals surface area contributed by atoms with Crippen molar-refractivity contribution in [3.63, 3.8) is 0 Å². The van der Waals surface area contributed by atoms with Crippen LogP contribution in [0.3, 0.4) is 0 Å². The Balaban J connectivity index is 1.41. The summed E-state index contributed by atoms with van der Waals surface area (Å²) >= 11 is 1.34. The number of anilines is 1. The van der Waals surface area contributed by atoms with E-state index in [1.807, 2.05) is 55.5 Å². The number of rotatable bonds is 9. The van der Waals surface area contributed by atoms with Crippen molar-refractivity contribution in [2.24, 2.45) is 0 Å². The lowest BCUT2D eigenvalue weighted by molar-refractivity contribution is -0.118. The maximum absolute atomic E-state index is 12.0. The van der Waals surface area contributed by atoms with Crippen molar-refractivity contribution >= 4 is 22.4 Å². The molecule has 1 heterocycles. The predicted molar refractivity (Wildman–Crippen MR) is 110 cm³/mol. The molecule has 0 atom stereocenters. The lowest BCUT2D eigenvalue weighted by Gasteiger charge is -2.06. The molecule has 0 saturated carbocycles. The minimum Gasteiger partial charge on any atom is -0.493 e. The summed E-state index contributed by atoms with van der Waals surface area (Å²) in [5.41, 5.74) is 2.38. The predicted octanol–water partition coefficient (Wildman–Crippen LogP) is 4.05. The van der Waals surface area contributed by atoms with E-state index < -0.39 is 0 Å². The van der Waals surface area contributed by atoms with Crippen molar-refractivity contribution < 1.29 is 14.3 Å². The number of benzene rings is 2. The summed E-state index contributed by atoms with van der Waals surface area (Å²) in [6, 6.07) is 15.6. The summed E-state index contributed by atoms with van der Waals surface area (Å²) in [5.74, 6) is 1.24. The molecular weight excluding hydrogens is 374 g/mol. The van der Waals surface area contributed by atoms with Gasteiger partial charge in [0.05, 0.1) is 6.61 Å². The minimum absolute atomic E-state index is 0.0726. The van der Waals surface area contributed by atoms with Gasteiger partial charge in [-0.1, -0.05) is 42.5 Å². The van der Waals surface area contributed by atoms with Gasteiger partial charge < -0.3 is 9.47 Å². The second-order valence-corrected chi connectivity index (χ2v) is 7.31. The highest BCUT2D eigenvalue weighted by Gasteiger charge is 2.09. The van der Waals surface area contributed by atoms with Crippen LogP contribution in [0.4, 0.5) is 5.13 Å². The van der Waals surface area contributed by atoms with E-state index in [0.717, 1.165) is 22.7 Å². The number of hydrogen-bond donors (Lipinski definition) is 1. The van der Waals surface area contributed by atoms with Crippen LogP contribution in [0.25, 0.3) is 0 Å². The van der Waals surface area contributed by atoms with Gasteiger partial charge in [0.1, 0.15) is 16.5 Å². The van der Waals surface area contributed by atoms with E-state index in [1.165, 1.54) is 16.9 Å². The molecule has 28 heavy (non-hydrogen) atoms. The number of nitrogens with one attached hydrogen (secondary N) is 1. The molecule has 7 heteroatoms. The third kappa shape index (κ3) is 6.06. The largest absolute Gasteiger partial charge is 0.493 e. The van der Waals surface area contributed by atoms with Crippen LogP contribution in [0.15, 0.2) is 48.5 Å². The monoisotopic (exact) mass is 397 g/mol. The molecule has 3 rings (SSSR count). The second kappa shape index (κ2) is 9.85. The molecular formula is C21H23N3O3S. The molecule has 1 amide bonds. The molecule has 0 fully saturated rings. The van der Waals surface area contributed by atoms with Crippen molar-refractivity contribution in [3.05, 3.63) is 64.7 Å². The quantitative estimate of drug-likeness (QED) is 0.590. The Bertz CT molecular complexity index is 909. The summed E-state index contributed by atoms with van der Waals surface area (Å²) < 4.78 is 11.2. The molecule has 1 N–H and O–H groups in total. The number of amides is 1. The first kappa shape index (κ1) is 19.8. The Labute approximate surface area is 168 Å². The first-order valence-corrected chi connectivity index (χ1v) is 9.97. The maximum atomic E-state index is 12.0. The average molecular weight is 398 g/mol. The second-order valence-electron chi connectivity index (χ2n) is 6.25. The van der Waals surface area contributed by atoms with Gasteiger partial charge in [-0.15, -0.1) is 10.2 Å². The topological polar surface area (TPSA) is 73.3 Å². The van der Waals surface area contributed by atoms with Crippen LogP contribution in [-0.2, 0) is 17.6 Å². The van der Waals surface area contributed by atoms with E-state index in [9.17, 15) is 4.79 Å². The van der Waals surface area contributed by atoms with Gasteiger partial charge in [0, 0.05) is 6.42 Å². The van der Waals surface area contributed by atoms with Gasteiger partial charge >= 0.3 is 0 Å². The normalized spacial score (nSPS) is 10.5. The molecule has 0 radical (unpaired) electrons. The van der Waals surface area contributed by atoms with E-state index in [0.29, 0.717) is 23.9 Å². The highest BCUT2D eigenvalue weighted by atomic mass is 32.1. The number of nitrogens with zero attached hydrogens (tertiary/aromatic N) is 2. The zero-order valence-corrected chi connectivity index (χ0v) is 16.8. The molecule has 0 aliphatic rings. The van der Waals surface area contributed by atoms with E-state index in [-0.39, 0.29) is 12.5 Å². The molecule has 0 unspecified atom stereocenters. The Kier molecular flexibility index (Phi) is 6.97. The highest BCUT2D eigenvalue weighted by Crippen LogP contribution is 2.18. The molecule has 2 aromatic carbocycles. The Morgan fingerprint density at radius 2 is 1.89 bits per heavy atom. The Hall–Kier alpha value is -2.93. The first-order chi connectivity index (χ1) is 13.6. The number of hydrogen-bond acceptors (Lipinski definition) is 6. The van der Waals surface area contributed by atoms with Crippen LogP contribution in [-0.4, -0.2) is 29.3 Å². The number of ether oxygens (including phenoxy) is 2. The van der Waals surface area contributed by atoms with E-state index in [4.69, 9.17) is 9.47 Å². The third-order valence-electron chi connectivity index (χ3n) is 3.99. The SMILES string of the molecule is CCc1ccc(OCC(=O)Nc2nnc(CCOc3cccc(C)c3)s2)cc1. The zero-order chi connectivity index (χ0) is 19.8. The van der Waals surface area contributed by atoms with Crippen molar-refractivity contribution in [1.29, 1.82) is 0 Å². The zero-order valence-electron chi connectivity index (χ0n) is 16.0. The third-order valence-corrected chi connectivity index (χ3v) is 4.89. The van der Waals surface area contributed by atoms with Crippen LogP contribution in [0.1, 0.15) is 23.1 Å². The lowest BCUT2D eigenvalue weighted by Crippen LogP contribution is -2.20. The molecule has 146 valence electrons. The van der Waals surface area contributed by atoms with Gasteiger partial charge in [-0.25, -0.2) is 0 Å². The number of carbonyl (C=O) groups is 1. The van der Waals surface area contributed by atoms with E-state index in [1.54, 1.807) is 0 Å². The lowest BCUT2D eigenvalue weighted by atomic mass is 10.2. The number of aromatic nitrogens is 2. The van der Waals surface area contributed by atoms with Crippen LogP contribution >= 0.6 is 11.3 Å². The maximum Gasteiger partial charge on any atom is 0.264 e. The molecule has 0 aliphatic carbocycles. The summed E-state index contributed by atoms with van der Waals surface area (Å²) in [5, 5.41) is 12.1. The number of aryl methyl sites for hydroxylation is 2. The fourth-order valence-corrected chi connectivity index (χ4v) is 3.23. The molecule has 0 saturated heterocycles. The Morgan fingerprint density at radius 3 is 2.64 bits per heavy atom. The minimum atomic E-state index is -0.265. The summed E-state index contributed by atoms with van der Waals surface area (Å²) in [7, 11) is 0. The number of carbonyl (C=O) groups excluding carboxylic acids is 1. The molecule has 1 aromatic heterocycles. The van der Waals surface area contributed by atoms with Crippen molar-refractivity contribution in [2.75, 3.05) is 18.5 Å². The Morgan fingerprint density at radius 1 is 1.07 bits per heavy atom. The van der Waals surface area contributed by atoms with E-state index in [2.05, 4.69) is 22.4 Å². The fraction of sp³-hybridized carbons (Fsp3) is 0.286. The van der Waals surface area contributed by atoms with Crippen LogP contribution in [0.2, 0.25) is 0 Å². The van der Waals surface area contributed by atoms with Crippen LogP contribution in [0, 0.1) is 6.92 Å². The smallest absolute Gasteiger partial charge is 0.264 e. The van der Waals surface area contributed by atoms with Crippen molar-refractivity contribution in [3.8, 4) is 11.5 Å². The van der Waals surface area contributed by atoms with Gasteiger partial charge in [-0.2, -0.15) is 0 Å². The van der Waals surface area contributed by atoms with Crippen molar-refractivity contribution in [1.82, 2.24) is 10.2 Å². The molecule has 0 aliphatic heterocycles. The first-order valence-electron chi connectivity index (χ1n) is 9.16. The van der Waals surface area contributed by atoms with Crippen LogP contribution < -0.4 is 14.8 Å². The molecule has 0 spiro atoms. The summed E-state index contributed by atoms with van der Waals surface area (Å²) in [4.78, 5) is 12.0. The van der Waals surface area contributed by atoms with Gasteiger partial charge in [0.2, 0.25) is 5.13 Å². The van der Waals surface area contributed by atoms with Gasteiger partial charge in [0.15, 0.2) is 6.61 Å². The molecule has 3 aromatic rings. The molecule has 6 nitrogen and oxygen atoms in total. The fourth-order valence-electron chi connectivity index (χ4n) is 2.49. The van der Waals surface area contributed by atoms with Gasteiger partial charge in [0.25, 0.3) is 5.91 Å². The standard InChI is InChI=1S/C21H23N3O3S/c1-3-16-7-9-17(10-8-16)27-14-19(25)22-21-24-23-20(28-21)11-12-26-18-6-4-5-15(2)13-18/h4-10,13H,3,11-12,14H2,1-2H3,(H,22,24,25). The van der Waals surface area contributed by atoms with Crippen LogP contribution in [0.5, 0.6) is 11.5 Å². The highest BCUT2D eigenvalue weighted by molar-refractivity contribution is 7.15.